The Labute approximate surface area is 369 Å². The van der Waals surface area contributed by atoms with E-state index in [0.29, 0.717) is 19.3 Å². The highest BCUT2D eigenvalue weighted by Crippen LogP contribution is 2.14. The largest absolute Gasteiger partial charge is 0.462 e. The van der Waals surface area contributed by atoms with Gasteiger partial charge in [0.2, 0.25) is 0 Å². The van der Waals surface area contributed by atoms with Crippen LogP contribution in [0.4, 0.5) is 0 Å². The summed E-state index contributed by atoms with van der Waals surface area (Å²) >= 11 is 0. The molecule has 0 saturated carbocycles. The topological polar surface area (TPSA) is 78.9 Å². The molecule has 6 nitrogen and oxygen atoms in total. The van der Waals surface area contributed by atoms with E-state index in [2.05, 4.69) is 93.7 Å². The van der Waals surface area contributed by atoms with Crippen LogP contribution in [-0.4, -0.2) is 37.2 Å². The molecule has 0 aliphatic carbocycles. The molecule has 342 valence electrons. The van der Waals surface area contributed by atoms with Crippen molar-refractivity contribution in [3.63, 3.8) is 0 Å². The predicted molar refractivity (Wildman–Crippen MR) is 256 cm³/mol. The molecular formula is C54H90O6. The van der Waals surface area contributed by atoms with E-state index in [-0.39, 0.29) is 37.5 Å². The zero-order valence-corrected chi connectivity index (χ0v) is 38.9. The third kappa shape index (κ3) is 45.7. The van der Waals surface area contributed by atoms with E-state index in [0.717, 1.165) is 89.9 Å². The van der Waals surface area contributed by atoms with Crippen molar-refractivity contribution >= 4 is 17.9 Å². The predicted octanol–water partition coefficient (Wildman–Crippen LogP) is 16.0. The highest BCUT2D eigenvalue weighted by molar-refractivity contribution is 5.71. The van der Waals surface area contributed by atoms with E-state index in [4.69, 9.17) is 14.2 Å². The zero-order chi connectivity index (χ0) is 43.7. The summed E-state index contributed by atoms with van der Waals surface area (Å²) in [5.74, 6) is -1.00. The van der Waals surface area contributed by atoms with E-state index in [1.54, 1.807) is 0 Å². The summed E-state index contributed by atoms with van der Waals surface area (Å²) in [6, 6.07) is 0. The Morgan fingerprint density at radius 3 is 1.15 bits per heavy atom. The van der Waals surface area contributed by atoms with E-state index in [1.165, 1.54) is 83.5 Å². The van der Waals surface area contributed by atoms with Gasteiger partial charge in [-0.25, -0.2) is 0 Å². The fraction of sp³-hybridized carbons (Fsp3) is 0.685. The summed E-state index contributed by atoms with van der Waals surface area (Å²) in [6.07, 6.45) is 61.5. The number of unbranched alkanes of at least 4 members (excludes halogenated alkanes) is 18. The molecule has 0 saturated heterocycles. The van der Waals surface area contributed by atoms with Gasteiger partial charge in [0.25, 0.3) is 0 Å². The van der Waals surface area contributed by atoms with Crippen LogP contribution in [0, 0.1) is 0 Å². The van der Waals surface area contributed by atoms with Crippen molar-refractivity contribution in [2.24, 2.45) is 0 Å². The minimum Gasteiger partial charge on any atom is -0.462 e. The summed E-state index contributed by atoms with van der Waals surface area (Å²) in [7, 11) is 0. The molecule has 0 aromatic rings. The molecule has 0 unspecified atom stereocenters. The molecule has 6 heteroatoms. The van der Waals surface area contributed by atoms with E-state index in [1.807, 2.05) is 12.2 Å². The van der Waals surface area contributed by atoms with Crippen molar-refractivity contribution in [2.75, 3.05) is 13.2 Å². The van der Waals surface area contributed by atoms with Gasteiger partial charge in [-0.3, -0.25) is 14.4 Å². The quantitative estimate of drug-likeness (QED) is 0.0263. The maximum absolute atomic E-state index is 12.7. The Bertz CT molecular complexity index is 1190. The molecule has 0 heterocycles. The molecular weight excluding hydrogens is 745 g/mol. The van der Waals surface area contributed by atoms with Crippen LogP contribution in [0.15, 0.2) is 85.1 Å². The SMILES string of the molecule is CC/C=C\C/C=C\C/C=C\C/C=C\C/C=C\C/C=C\CCC(=O)OC[C@@H](COC(=O)CCCCCCCCCCCCC)OC(=O)CCCCCCC/C=C\CCCCC. The smallest absolute Gasteiger partial charge is 0.306 e. The zero-order valence-electron chi connectivity index (χ0n) is 38.9. The monoisotopic (exact) mass is 835 g/mol. The fourth-order valence-electron chi connectivity index (χ4n) is 6.46. The van der Waals surface area contributed by atoms with Gasteiger partial charge in [0.1, 0.15) is 13.2 Å². The van der Waals surface area contributed by atoms with Crippen LogP contribution >= 0.6 is 0 Å². The molecule has 0 aromatic heterocycles. The van der Waals surface area contributed by atoms with Gasteiger partial charge in [-0.1, -0.05) is 202 Å². The lowest BCUT2D eigenvalue weighted by molar-refractivity contribution is -0.166. The summed E-state index contributed by atoms with van der Waals surface area (Å²) in [6.45, 7) is 6.41. The lowest BCUT2D eigenvalue weighted by Crippen LogP contribution is -2.30. The van der Waals surface area contributed by atoms with Gasteiger partial charge in [-0.2, -0.15) is 0 Å². The Morgan fingerprint density at radius 2 is 0.683 bits per heavy atom. The van der Waals surface area contributed by atoms with Crippen molar-refractivity contribution in [3.8, 4) is 0 Å². The van der Waals surface area contributed by atoms with Gasteiger partial charge < -0.3 is 14.2 Å². The second kappa shape index (κ2) is 48.3. The first-order chi connectivity index (χ1) is 29.5. The molecule has 0 aliphatic heterocycles. The molecule has 0 aromatic carbocycles. The average molecular weight is 835 g/mol. The van der Waals surface area contributed by atoms with Gasteiger partial charge in [-0.05, 0) is 83.5 Å². The van der Waals surface area contributed by atoms with Crippen molar-refractivity contribution in [1.29, 1.82) is 0 Å². The van der Waals surface area contributed by atoms with E-state index >= 15 is 0 Å². The minimum absolute atomic E-state index is 0.102. The lowest BCUT2D eigenvalue weighted by atomic mass is 10.1. The van der Waals surface area contributed by atoms with E-state index < -0.39 is 6.10 Å². The molecule has 0 radical (unpaired) electrons. The van der Waals surface area contributed by atoms with Crippen molar-refractivity contribution in [3.05, 3.63) is 85.1 Å². The van der Waals surface area contributed by atoms with Gasteiger partial charge >= 0.3 is 17.9 Å². The lowest BCUT2D eigenvalue weighted by Gasteiger charge is -2.18. The summed E-state index contributed by atoms with van der Waals surface area (Å²) < 4.78 is 16.7. The summed E-state index contributed by atoms with van der Waals surface area (Å²) in [4.78, 5) is 37.8. The first-order valence-corrected chi connectivity index (χ1v) is 24.6. The molecule has 0 N–H and O–H groups in total. The van der Waals surface area contributed by atoms with Gasteiger partial charge in [-0.15, -0.1) is 0 Å². The normalized spacial score (nSPS) is 12.8. The number of allylic oxidation sites excluding steroid dienone is 14. The van der Waals surface area contributed by atoms with Gasteiger partial charge in [0, 0.05) is 19.3 Å². The third-order valence-corrected chi connectivity index (χ3v) is 10.1. The standard InChI is InChI=1S/C54H90O6/c1-4-7-10-13-16-19-22-24-25-26-27-28-29-30-33-35-38-41-44-47-53(56)59-50-51(49-58-52(55)46-43-40-37-34-31-21-18-15-12-9-6-3)60-54(57)48-45-42-39-36-32-23-20-17-14-11-8-5-2/h7,10,16-17,19-20,24-25,27-28,30,33,38,41,51H,4-6,8-9,11-15,18,21-23,26,29,31-32,34-37,39-40,42-50H2,1-3H3/b10-7-,19-16-,20-17-,25-24-,28-27-,33-30-,41-38-/t51-/m1/s1. The van der Waals surface area contributed by atoms with Gasteiger partial charge in [0.15, 0.2) is 6.10 Å². The van der Waals surface area contributed by atoms with Crippen LogP contribution in [0.5, 0.6) is 0 Å². The number of carbonyl (C=O) groups excluding carboxylic acids is 3. The second-order valence-electron chi connectivity index (χ2n) is 16.0. The maximum Gasteiger partial charge on any atom is 0.306 e. The molecule has 0 amide bonds. The molecule has 0 spiro atoms. The molecule has 0 bridgehead atoms. The number of hydrogen-bond donors (Lipinski definition) is 0. The number of rotatable bonds is 43. The average Bonchev–Trinajstić information content (AvgIpc) is 3.24. The van der Waals surface area contributed by atoms with Crippen LogP contribution in [0.25, 0.3) is 0 Å². The third-order valence-electron chi connectivity index (χ3n) is 10.1. The first-order valence-electron chi connectivity index (χ1n) is 24.6. The second-order valence-corrected chi connectivity index (χ2v) is 16.0. The van der Waals surface area contributed by atoms with Crippen molar-refractivity contribution < 1.29 is 28.6 Å². The maximum atomic E-state index is 12.7. The Kier molecular flexibility index (Phi) is 45.5. The highest BCUT2D eigenvalue weighted by atomic mass is 16.6. The molecule has 0 fully saturated rings. The first kappa shape index (κ1) is 56.6. The van der Waals surface area contributed by atoms with Crippen LogP contribution in [0.1, 0.15) is 220 Å². The molecule has 0 rings (SSSR count). The van der Waals surface area contributed by atoms with Crippen LogP contribution < -0.4 is 0 Å². The van der Waals surface area contributed by atoms with Crippen molar-refractivity contribution in [2.45, 2.75) is 226 Å². The van der Waals surface area contributed by atoms with Crippen LogP contribution in [-0.2, 0) is 28.6 Å². The van der Waals surface area contributed by atoms with Crippen LogP contribution in [0.3, 0.4) is 0 Å². The number of carbonyl (C=O) groups is 3. The Hall–Kier alpha value is -3.41. The van der Waals surface area contributed by atoms with Crippen molar-refractivity contribution in [1.82, 2.24) is 0 Å². The molecule has 0 aliphatic rings. The summed E-state index contributed by atoms with van der Waals surface area (Å²) in [5, 5.41) is 0. The Morgan fingerprint density at radius 1 is 0.350 bits per heavy atom. The number of ether oxygens (including phenoxy) is 3. The van der Waals surface area contributed by atoms with Crippen LogP contribution in [0.2, 0.25) is 0 Å². The molecule has 60 heavy (non-hydrogen) atoms. The number of esters is 3. The highest BCUT2D eigenvalue weighted by Gasteiger charge is 2.19. The van der Waals surface area contributed by atoms with E-state index in [9.17, 15) is 14.4 Å². The Balaban J connectivity index is 4.49. The van der Waals surface area contributed by atoms with Gasteiger partial charge in [0.05, 0.1) is 0 Å². The molecule has 1 atom stereocenters. The minimum atomic E-state index is -0.808. The number of hydrogen-bond acceptors (Lipinski definition) is 6. The summed E-state index contributed by atoms with van der Waals surface area (Å²) in [5.41, 5.74) is 0. The fourth-order valence-corrected chi connectivity index (χ4v) is 6.46.